The van der Waals surface area contributed by atoms with Crippen molar-refractivity contribution in [1.82, 2.24) is 9.71 Å². The maximum atomic E-state index is 13.1. The van der Waals surface area contributed by atoms with Crippen molar-refractivity contribution in [3.8, 4) is 0 Å². The summed E-state index contributed by atoms with van der Waals surface area (Å²) in [5.74, 6) is -0.413. The molecule has 2 aromatic rings. The number of benzene rings is 1. The summed E-state index contributed by atoms with van der Waals surface area (Å²) in [5.41, 5.74) is 0.541. The molecule has 0 aliphatic carbocycles. The summed E-state index contributed by atoms with van der Waals surface area (Å²) in [5, 5.41) is 0. The van der Waals surface area contributed by atoms with Crippen LogP contribution in [0, 0.1) is 5.82 Å². The van der Waals surface area contributed by atoms with Gasteiger partial charge in [0, 0.05) is 6.04 Å². The van der Waals surface area contributed by atoms with Gasteiger partial charge in [0.05, 0.1) is 6.20 Å². The summed E-state index contributed by atoms with van der Waals surface area (Å²) in [6.07, 6.45) is 1.19. The number of sulfonamides is 1. The van der Waals surface area contributed by atoms with Crippen molar-refractivity contribution in [2.75, 3.05) is 0 Å². The number of aromatic nitrogens is 1. The number of hydrogen-bond donors (Lipinski definition) is 1. The van der Waals surface area contributed by atoms with Crippen LogP contribution in [0.1, 0.15) is 18.5 Å². The molecular weight excluding hydrogens is 311 g/mol. The molecule has 1 aromatic carbocycles. The molecule has 0 saturated heterocycles. The smallest absolute Gasteiger partial charge is 0.232 e. The molecule has 1 N–H and O–H groups in total. The zero-order valence-corrected chi connectivity index (χ0v) is 12.2. The average molecular weight is 321 g/mol. The molecule has 0 spiro atoms. The second kappa shape index (κ2) is 5.54. The second-order valence-electron chi connectivity index (χ2n) is 3.83. The zero-order chi connectivity index (χ0) is 14.0. The van der Waals surface area contributed by atoms with Gasteiger partial charge in [0.2, 0.25) is 0 Å². The van der Waals surface area contributed by atoms with E-state index < -0.39 is 21.9 Å². The number of hydrogen-bond acceptors (Lipinski definition) is 4. The first-order chi connectivity index (χ1) is 8.88. The highest BCUT2D eigenvalue weighted by Gasteiger charge is 2.21. The van der Waals surface area contributed by atoms with E-state index >= 15 is 0 Å². The van der Waals surface area contributed by atoms with Gasteiger partial charge in [-0.25, -0.2) is 22.5 Å². The maximum absolute atomic E-state index is 13.1. The highest BCUT2D eigenvalue weighted by Crippen LogP contribution is 2.24. The predicted molar refractivity (Wildman–Crippen MR) is 72.3 cm³/mol. The molecule has 102 valence electrons. The molecule has 19 heavy (non-hydrogen) atoms. The molecular formula is C11H10ClFN2O2S2. The lowest BCUT2D eigenvalue weighted by atomic mass is 10.1. The van der Waals surface area contributed by atoms with E-state index in [-0.39, 0.29) is 8.68 Å². The lowest BCUT2D eigenvalue weighted by Gasteiger charge is -2.13. The van der Waals surface area contributed by atoms with E-state index in [0.717, 1.165) is 11.3 Å². The number of nitrogens with zero attached hydrogens (tertiary/aromatic N) is 1. The molecule has 0 radical (unpaired) electrons. The molecule has 0 fully saturated rings. The van der Waals surface area contributed by atoms with E-state index in [9.17, 15) is 12.8 Å². The minimum absolute atomic E-state index is 0.0285. The third-order valence-electron chi connectivity index (χ3n) is 2.40. The largest absolute Gasteiger partial charge is 0.252 e. The summed E-state index contributed by atoms with van der Waals surface area (Å²) in [6, 6.07) is 5.21. The quantitative estimate of drug-likeness (QED) is 0.942. The molecule has 2 rings (SSSR count). The van der Waals surface area contributed by atoms with Crippen LogP contribution in [0.5, 0.6) is 0 Å². The average Bonchev–Trinajstić information content (AvgIpc) is 2.76. The first kappa shape index (κ1) is 14.4. The fourth-order valence-corrected chi connectivity index (χ4v) is 4.04. The number of thiazole rings is 1. The molecule has 1 unspecified atom stereocenters. The third kappa shape index (κ3) is 3.50. The Labute approximate surface area is 119 Å². The van der Waals surface area contributed by atoms with E-state index in [0.29, 0.717) is 5.56 Å². The highest BCUT2D eigenvalue weighted by atomic mass is 35.5. The van der Waals surface area contributed by atoms with E-state index in [4.69, 9.17) is 11.6 Å². The van der Waals surface area contributed by atoms with Crippen molar-refractivity contribution >= 4 is 33.0 Å². The van der Waals surface area contributed by atoms with Crippen LogP contribution in [-0.2, 0) is 10.0 Å². The molecule has 8 heteroatoms. The third-order valence-corrected chi connectivity index (χ3v) is 5.52. The summed E-state index contributed by atoms with van der Waals surface area (Å²) in [4.78, 5) is 3.68. The molecule has 0 amide bonds. The van der Waals surface area contributed by atoms with Gasteiger partial charge in [-0.1, -0.05) is 35.1 Å². The van der Waals surface area contributed by atoms with Gasteiger partial charge in [-0.2, -0.15) is 0 Å². The second-order valence-corrected chi connectivity index (χ2v) is 7.38. The van der Waals surface area contributed by atoms with Crippen LogP contribution in [0.15, 0.2) is 34.7 Å². The zero-order valence-electron chi connectivity index (χ0n) is 9.80. The summed E-state index contributed by atoms with van der Waals surface area (Å²) in [6.45, 7) is 1.63. The Hall–Kier alpha value is -1.02. The normalized spacial score (nSPS) is 13.4. The van der Waals surface area contributed by atoms with Gasteiger partial charge in [-0.3, -0.25) is 0 Å². The topological polar surface area (TPSA) is 59.1 Å². The highest BCUT2D eigenvalue weighted by molar-refractivity contribution is 7.91. The molecule has 0 aliphatic rings. The molecule has 0 aliphatic heterocycles. The molecule has 1 heterocycles. The summed E-state index contributed by atoms with van der Waals surface area (Å²) in [7, 11) is -3.70. The van der Waals surface area contributed by atoms with Crippen LogP contribution in [-0.4, -0.2) is 13.4 Å². The SMILES string of the molecule is CC(NS(=O)(=O)c1cnc(Cl)s1)c1cccc(F)c1. The number of nitrogens with one attached hydrogen (secondary N) is 1. The van der Waals surface area contributed by atoms with E-state index in [1.165, 1.54) is 24.4 Å². The Morgan fingerprint density at radius 2 is 2.21 bits per heavy atom. The summed E-state index contributed by atoms with van der Waals surface area (Å²) < 4.78 is 39.8. The Kier molecular flexibility index (Phi) is 4.19. The van der Waals surface area contributed by atoms with Crippen LogP contribution in [0.2, 0.25) is 4.47 Å². The predicted octanol–water partition coefficient (Wildman–Crippen LogP) is 2.98. The van der Waals surface area contributed by atoms with Crippen molar-refractivity contribution in [2.45, 2.75) is 17.2 Å². The van der Waals surface area contributed by atoms with Crippen LogP contribution in [0.25, 0.3) is 0 Å². The van der Waals surface area contributed by atoms with Crippen molar-refractivity contribution < 1.29 is 12.8 Å². The van der Waals surface area contributed by atoms with Gasteiger partial charge >= 0.3 is 0 Å². The minimum Gasteiger partial charge on any atom is -0.232 e. The van der Waals surface area contributed by atoms with Gasteiger partial charge in [0.15, 0.2) is 8.68 Å². The van der Waals surface area contributed by atoms with Gasteiger partial charge in [-0.05, 0) is 24.6 Å². The monoisotopic (exact) mass is 320 g/mol. The Morgan fingerprint density at radius 1 is 1.47 bits per heavy atom. The number of rotatable bonds is 4. The van der Waals surface area contributed by atoms with Crippen LogP contribution < -0.4 is 4.72 Å². The van der Waals surface area contributed by atoms with Crippen LogP contribution in [0.4, 0.5) is 4.39 Å². The molecule has 1 aromatic heterocycles. The lowest BCUT2D eigenvalue weighted by molar-refractivity contribution is 0.566. The molecule has 1 atom stereocenters. The van der Waals surface area contributed by atoms with Crippen molar-refractivity contribution in [2.24, 2.45) is 0 Å². The summed E-state index contributed by atoms with van der Waals surface area (Å²) >= 11 is 6.47. The lowest BCUT2D eigenvalue weighted by Crippen LogP contribution is -2.26. The Morgan fingerprint density at radius 3 is 2.79 bits per heavy atom. The van der Waals surface area contributed by atoms with Gasteiger partial charge < -0.3 is 0 Å². The van der Waals surface area contributed by atoms with Crippen molar-refractivity contribution in [3.05, 3.63) is 46.3 Å². The first-order valence-corrected chi connectivity index (χ1v) is 7.95. The standard InChI is InChI=1S/C11H10ClFN2O2S2/c1-7(8-3-2-4-9(13)5-8)15-19(16,17)10-6-14-11(12)18-10/h2-7,15H,1H3. The van der Waals surface area contributed by atoms with Crippen LogP contribution in [0.3, 0.4) is 0 Å². The fourth-order valence-electron chi connectivity index (χ4n) is 1.50. The van der Waals surface area contributed by atoms with E-state index in [1.807, 2.05) is 0 Å². The minimum atomic E-state index is -3.70. The van der Waals surface area contributed by atoms with E-state index in [1.54, 1.807) is 13.0 Å². The van der Waals surface area contributed by atoms with Gasteiger partial charge in [-0.15, -0.1) is 0 Å². The van der Waals surface area contributed by atoms with Gasteiger partial charge in [0.1, 0.15) is 5.82 Å². The van der Waals surface area contributed by atoms with Gasteiger partial charge in [0.25, 0.3) is 10.0 Å². The Balaban J connectivity index is 2.21. The van der Waals surface area contributed by atoms with E-state index in [2.05, 4.69) is 9.71 Å². The molecule has 0 bridgehead atoms. The van der Waals surface area contributed by atoms with Crippen molar-refractivity contribution in [1.29, 1.82) is 0 Å². The first-order valence-electron chi connectivity index (χ1n) is 5.27. The molecule has 4 nitrogen and oxygen atoms in total. The van der Waals surface area contributed by atoms with Crippen LogP contribution >= 0.6 is 22.9 Å². The number of halogens is 2. The Bertz CT molecular complexity index is 688. The van der Waals surface area contributed by atoms with Crippen molar-refractivity contribution in [3.63, 3.8) is 0 Å². The fraction of sp³-hybridized carbons (Fsp3) is 0.182. The molecule has 0 saturated carbocycles. The maximum Gasteiger partial charge on any atom is 0.252 e.